The third-order valence-electron chi connectivity index (χ3n) is 5.80. The van der Waals surface area contributed by atoms with Crippen LogP contribution in [0.25, 0.3) is 11.3 Å². The molecule has 0 aliphatic carbocycles. The van der Waals surface area contributed by atoms with E-state index in [0.717, 1.165) is 43.7 Å². The summed E-state index contributed by atoms with van der Waals surface area (Å²) in [6.45, 7) is 4.17. The standard InChI is InChI=1S/C21H28N4O2/c26-20(19-15-18(22-23-19)17-7-2-1-3-8-17)25-13-6-9-21(27,10-14-25)16-24-11-4-5-12-24/h1-3,7-8,15,27H,4-6,9-14,16H2,(H,22,23)/t21-/m0/s1. The van der Waals surface area contributed by atoms with Crippen molar-refractivity contribution < 1.29 is 9.90 Å². The van der Waals surface area contributed by atoms with Crippen molar-refractivity contribution in [2.45, 2.75) is 37.7 Å². The van der Waals surface area contributed by atoms with Gasteiger partial charge >= 0.3 is 0 Å². The summed E-state index contributed by atoms with van der Waals surface area (Å²) in [6, 6.07) is 11.7. The van der Waals surface area contributed by atoms with Crippen LogP contribution in [0.2, 0.25) is 0 Å². The zero-order valence-electron chi connectivity index (χ0n) is 15.7. The van der Waals surface area contributed by atoms with Crippen molar-refractivity contribution in [2.24, 2.45) is 0 Å². The van der Waals surface area contributed by atoms with Crippen molar-refractivity contribution in [3.05, 3.63) is 42.1 Å². The number of nitrogens with one attached hydrogen (secondary N) is 1. The average Bonchev–Trinajstić information content (AvgIpc) is 3.33. The van der Waals surface area contributed by atoms with Gasteiger partial charge in [0.15, 0.2) is 0 Å². The second-order valence-electron chi connectivity index (χ2n) is 7.89. The van der Waals surface area contributed by atoms with Gasteiger partial charge in [-0.15, -0.1) is 0 Å². The Bertz CT molecular complexity index is 769. The van der Waals surface area contributed by atoms with E-state index in [2.05, 4.69) is 15.1 Å². The van der Waals surface area contributed by atoms with Crippen LogP contribution < -0.4 is 0 Å². The Kier molecular flexibility index (Phi) is 5.27. The highest BCUT2D eigenvalue weighted by atomic mass is 16.3. The summed E-state index contributed by atoms with van der Waals surface area (Å²) >= 11 is 0. The molecule has 2 aliphatic rings. The van der Waals surface area contributed by atoms with Gasteiger partial charge < -0.3 is 14.9 Å². The van der Waals surface area contributed by atoms with E-state index < -0.39 is 5.60 Å². The number of aromatic amines is 1. The van der Waals surface area contributed by atoms with Gasteiger partial charge in [-0.2, -0.15) is 5.10 Å². The maximum atomic E-state index is 12.9. The SMILES string of the molecule is O=C(c1cc(-c2ccccc2)n[nH]1)N1CCC[C@@](O)(CN2CCCC2)CC1. The molecule has 1 aromatic carbocycles. The van der Waals surface area contributed by atoms with Crippen LogP contribution >= 0.6 is 0 Å². The third kappa shape index (κ3) is 4.22. The molecule has 1 aromatic heterocycles. The number of carbonyl (C=O) groups excluding carboxylic acids is 1. The van der Waals surface area contributed by atoms with E-state index in [1.54, 1.807) is 0 Å². The molecule has 0 saturated carbocycles. The number of hydrogen-bond donors (Lipinski definition) is 2. The molecule has 1 amide bonds. The Hall–Kier alpha value is -2.18. The molecule has 6 heteroatoms. The summed E-state index contributed by atoms with van der Waals surface area (Å²) in [5.74, 6) is -0.0323. The van der Waals surface area contributed by atoms with Crippen molar-refractivity contribution in [3.63, 3.8) is 0 Å². The molecule has 2 N–H and O–H groups in total. The number of H-pyrrole nitrogens is 1. The fourth-order valence-corrected chi connectivity index (χ4v) is 4.26. The molecule has 2 aromatic rings. The number of likely N-dealkylation sites (tertiary alicyclic amines) is 2. The molecule has 6 nitrogen and oxygen atoms in total. The average molecular weight is 368 g/mol. The Morgan fingerprint density at radius 2 is 1.85 bits per heavy atom. The Morgan fingerprint density at radius 1 is 1.07 bits per heavy atom. The van der Waals surface area contributed by atoms with Gasteiger partial charge in [0.25, 0.3) is 5.91 Å². The van der Waals surface area contributed by atoms with Gasteiger partial charge in [0, 0.05) is 25.2 Å². The van der Waals surface area contributed by atoms with Crippen molar-refractivity contribution in [2.75, 3.05) is 32.7 Å². The zero-order chi connectivity index (χ0) is 18.7. The monoisotopic (exact) mass is 368 g/mol. The highest BCUT2D eigenvalue weighted by Gasteiger charge is 2.34. The topological polar surface area (TPSA) is 72.5 Å². The number of benzene rings is 1. The van der Waals surface area contributed by atoms with Gasteiger partial charge in [-0.3, -0.25) is 9.89 Å². The lowest BCUT2D eigenvalue weighted by atomic mass is 9.94. The van der Waals surface area contributed by atoms with Gasteiger partial charge in [0.05, 0.1) is 11.3 Å². The van der Waals surface area contributed by atoms with Gasteiger partial charge in [-0.1, -0.05) is 30.3 Å². The first-order chi connectivity index (χ1) is 13.1. The lowest BCUT2D eigenvalue weighted by Gasteiger charge is -2.31. The second kappa shape index (κ2) is 7.82. The van der Waals surface area contributed by atoms with Gasteiger partial charge in [0.2, 0.25) is 0 Å². The number of aromatic nitrogens is 2. The molecule has 2 fully saturated rings. The molecule has 0 spiro atoms. The highest BCUT2D eigenvalue weighted by molar-refractivity contribution is 5.93. The maximum Gasteiger partial charge on any atom is 0.271 e. The number of amides is 1. The Labute approximate surface area is 160 Å². The zero-order valence-corrected chi connectivity index (χ0v) is 15.7. The summed E-state index contributed by atoms with van der Waals surface area (Å²) in [7, 11) is 0. The molecule has 144 valence electrons. The minimum Gasteiger partial charge on any atom is -0.388 e. The molecule has 2 aliphatic heterocycles. The summed E-state index contributed by atoms with van der Waals surface area (Å²) < 4.78 is 0. The van der Waals surface area contributed by atoms with Crippen LogP contribution in [0.15, 0.2) is 36.4 Å². The predicted octanol–water partition coefficient (Wildman–Crippen LogP) is 2.53. The number of hydrogen-bond acceptors (Lipinski definition) is 4. The number of aliphatic hydroxyl groups is 1. The van der Waals surface area contributed by atoms with E-state index in [1.807, 2.05) is 41.3 Å². The maximum absolute atomic E-state index is 12.9. The first-order valence-electron chi connectivity index (χ1n) is 9.98. The van der Waals surface area contributed by atoms with Gasteiger partial charge in [-0.25, -0.2) is 0 Å². The van der Waals surface area contributed by atoms with Crippen LogP contribution in [0.4, 0.5) is 0 Å². The van der Waals surface area contributed by atoms with E-state index in [1.165, 1.54) is 12.8 Å². The molecule has 27 heavy (non-hydrogen) atoms. The highest BCUT2D eigenvalue weighted by Crippen LogP contribution is 2.26. The Morgan fingerprint density at radius 3 is 2.63 bits per heavy atom. The molecule has 0 bridgehead atoms. The van der Waals surface area contributed by atoms with Crippen LogP contribution in [-0.4, -0.2) is 69.3 Å². The van der Waals surface area contributed by atoms with Crippen LogP contribution in [0.3, 0.4) is 0 Å². The van der Waals surface area contributed by atoms with Gasteiger partial charge in [0.1, 0.15) is 5.69 Å². The molecule has 0 radical (unpaired) electrons. The normalized spacial score (nSPS) is 24.1. The molecular formula is C21H28N4O2. The first kappa shape index (κ1) is 18.2. The van der Waals surface area contributed by atoms with E-state index in [-0.39, 0.29) is 5.91 Å². The summed E-state index contributed by atoms with van der Waals surface area (Å²) in [5, 5.41) is 18.2. The minimum atomic E-state index is -0.678. The van der Waals surface area contributed by atoms with Crippen LogP contribution in [0.5, 0.6) is 0 Å². The quantitative estimate of drug-likeness (QED) is 0.870. The predicted molar refractivity (Wildman–Crippen MR) is 104 cm³/mol. The number of carbonyl (C=O) groups is 1. The lowest BCUT2D eigenvalue weighted by molar-refractivity contribution is -0.00291. The second-order valence-corrected chi connectivity index (χ2v) is 7.89. The van der Waals surface area contributed by atoms with Crippen molar-refractivity contribution in [3.8, 4) is 11.3 Å². The minimum absolute atomic E-state index is 0.0323. The van der Waals surface area contributed by atoms with E-state index in [9.17, 15) is 9.90 Å². The smallest absolute Gasteiger partial charge is 0.271 e. The first-order valence-corrected chi connectivity index (χ1v) is 9.98. The molecule has 3 heterocycles. The van der Waals surface area contributed by atoms with E-state index in [4.69, 9.17) is 0 Å². The molecule has 1 atom stereocenters. The lowest BCUT2D eigenvalue weighted by Crippen LogP contribution is -2.43. The van der Waals surface area contributed by atoms with E-state index in [0.29, 0.717) is 25.2 Å². The molecular weight excluding hydrogens is 340 g/mol. The van der Waals surface area contributed by atoms with Crippen LogP contribution in [0.1, 0.15) is 42.6 Å². The molecule has 2 saturated heterocycles. The summed E-state index contributed by atoms with van der Waals surface area (Å²) in [4.78, 5) is 17.1. The summed E-state index contributed by atoms with van der Waals surface area (Å²) in [5.41, 5.74) is 1.60. The van der Waals surface area contributed by atoms with Crippen molar-refractivity contribution in [1.82, 2.24) is 20.0 Å². The van der Waals surface area contributed by atoms with Crippen LogP contribution in [-0.2, 0) is 0 Å². The Balaban J connectivity index is 1.40. The van der Waals surface area contributed by atoms with Crippen molar-refractivity contribution >= 4 is 5.91 Å². The van der Waals surface area contributed by atoms with Crippen molar-refractivity contribution in [1.29, 1.82) is 0 Å². The number of nitrogens with zero attached hydrogens (tertiary/aromatic N) is 3. The largest absolute Gasteiger partial charge is 0.388 e. The van der Waals surface area contributed by atoms with Gasteiger partial charge in [-0.05, 0) is 51.3 Å². The van der Waals surface area contributed by atoms with E-state index >= 15 is 0 Å². The number of β-amino-alcohol motifs (C(OH)–C–C–N with tert-alkyl or cyclic N) is 1. The number of rotatable bonds is 4. The van der Waals surface area contributed by atoms with Crippen LogP contribution in [0, 0.1) is 0 Å². The summed E-state index contributed by atoms with van der Waals surface area (Å²) in [6.07, 6.45) is 4.67. The molecule has 4 rings (SSSR count). The fourth-order valence-electron chi connectivity index (χ4n) is 4.26. The fraction of sp³-hybridized carbons (Fsp3) is 0.524. The molecule has 0 unspecified atom stereocenters. The third-order valence-corrected chi connectivity index (χ3v) is 5.80.